The molecule has 1 aromatic heterocycles. The third-order valence-corrected chi connectivity index (χ3v) is 2.99. The lowest BCUT2D eigenvalue weighted by Gasteiger charge is -2.05. The van der Waals surface area contributed by atoms with E-state index in [0.29, 0.717) is 0 Å². The summed E-state index contributed by atoms with van der Waals surface area (Å²) in [4.78, 5) is 0. The molecule has 94 valence electrons. The van der Waals surface area contributed by atoms with Crippen molar-refractivity contribution in [2.24, 2.45) is 0 Å². The fraction of sp³-hybridized carbons (Fsp3) is 0.267. The third kappa shape index (κ3) is 3.05. The smallest absolute Gasteiger partial charge is 0.0654 e. The molecule has 1 aromatic carbocycles. The quantitative estimate of drug-likeness (QED) is 0.825. The second-order valence-electron chi connectivity index (χ2n) is 4.35. The van der Waals surface area contributed by atoms with Crippen LogP contribution >= 0.6 is 12.6 Å². The van der Waals surface area contributed by atoms with Gasteiger partial charge in [0.15, 0.2) is 0 Å². The molecule has 2 nitrogen and oxygen atoms in total. The molecule has 0 amide bonds. The Morgan fingerprint density at radius 3 is 2.78 bits per heavy atom. The minimum absolute atomic E-state index is 0.883. The topological polar surface area (TPSA) is 17.8 Å². The summed E-state index contributed by atoms with van der Waals surface area (Å²) >= 11 is 4.20. The first-order valence-electron chi connectivity index (χ1n) is 6.12. The van der Waals surface area contributed by atoms with Crippen molar-refractivity contribution in [1.82, 2.24) is 9.78 Å². The van der Waals surface area contributed by atoms with Crippen LogP contribution in [0.1, 0.15) is 23.4 Å². The number of hydrogen-bond acceptors (Lipinski definition) is 2. The van der Waals surface area contributed by atoms with Crippen LogP contribution in [-0.2, 0) is 0 Å². The van der Waals surface area contributed by atoms with E-state index in [1.165, 1.54) is 5.56 Å². The number of benzene rings is 1. The first-order chi connectivity index (χ1) is 8.70. The van der Waals surface area contributed by atoms with Gasteiger partial charge in [0.1, 0.15) is 0 Å². The summed E-state index contributed by atoms with van der Waals surface area (Å²) in [6.07, 6.45) is 5.27. The highest BCUT2D eigenvalue weighted by molar-refractivity contribution is 7.80. The van der Waals surface area contributed by atoms with Crippen LogP contribution in [0.5, 0.6) is 0 Å². The molecule has 0 aliphatic carbocycles. The summed E-state index contributed by atoms with van der Waals surface area (Å²) in [6.45, 7) is 4.09. The van der Waals surface area contributed by atoms with E-state index in [9.17, 15) is 0 Å². The lowest BCUT2D eigenvalue weighted by Crippen LogP contribution is -1.98. The fourth-order valence-electron chi connectivity index (χ4n) is 1.94. The van der Waals surface area contributed by atoms with E-state index >= 15 is 0 Å². The number of aromatic nitrogens is 2. The predicted octanol–water partition coefficient (Wildman–Crippen LogP) is 3.82. The Morgan fingerprint density at radius 2 is 2.11 bits per heavy atom. The molecule has 2 rings (SSSR count). The standard InChI is InChI=1S/C15H18N2S/c1-12-10-13(2)17(16-12)15-8-5-7-14(11-15)6-3-4-9-18/h3,5-8,10-11,18H,4,9H2,1-2H3. The Kier molecular flexibility index (Phi) is 4.26. The Morgan fingerprint density at radius 1 is 1.28 bits per heavy atom. The molecule has 0 bridgehead atoms. The Labute approximate surface area is 114 Å². The van der Waals surface area contributed by atoms with Crippen molar-refractivity contribution in [2.75, 3.05) is 5.75 Å². The van der Waals surface area contributed by atoms with Crippen molar-refractivity contribution in [3.63, 3.8) is 0 Å². The summed E-state index contributed by atoms with van der Waals surface area (Å²) in [5.41, 5.74) is 4.50. The molecule has 0 N–H and O–H groups in total. The van der Waals surface area contributed by atoms with Crippen LogP contribution in [0.3, 0.4) is 0 Å². The monoisotopic (exact) mass is 258 g/mol. The van der Waals surface area contributed by atoms with Crippen molar-refractivity contribution in [3.8, 4) is 5.69 Å². The van der Waals surface area contributed by atoms with Crippen LogP contribution in [-0.4, -0.2) is 15.5 Å². The third-order valence-electron chi connectivity index (χ3n) is 2.73. The number of allylic oxidation sites excluding steroid dienone is 1. The maximum absolute atomic E-state index is 4.50. The lowest BCUT2D eigenvalue weighted by molar-refractivity contribution is 0.833. The van der Waals surface area contributed by atoms with Crippen LogP contribution < -0.4 is 0 Å². The summed E-state index contributed by atoms with van der Waals surface area (Å²) in [7, 11) is 0. The van der Waals surface area contributed by atoms with Gasteiger partial charge in [-0.2, -0.15) is 17.7 Å². The highest BCUT2D eigenvalue weighted by Gasteiger charge is 2.03. The number of thiol groups is 1. The van der Waals surface area contributed by atoms with Crippen LogP contribution in [0.2, 0.25) is 0 Å². The number of nitrogens with zero attached hydrogens (tertiary/aromatic N) is 2. The van der Waals surface area contributed by atoms with Gasteiger partial charge in [0, 0.05) is 5.69 Å². The molecule has 2 aromatic rings. The van der Waals surface area contributed by atoms with E-state index in [1.54, 1.807) is 0 Å². The molecule has 0 saturated heterocycles. The molecule has 0 unspecified atom stereocenters. The predicted molar refractivity (Wildman–Crippen MR) is 80.5 cm³/mol. The van der Waals surface area contributed by atoms with Crippen molar-refractivity contribution in [1.29, 1.82) is 0 Å². The summed E-state index contributed by atoms with van der Waals surface area (Å²) in [5.74, 6) is 0.883. The summed E-state index contributed by atoms with van der Waals surface area (Å²) in [6, 6.07) is 10.5. The van der Waals surface area contributed by atoms with Gasteiger partial charge in [0.25, 0.3) is 0 Å². The zero-order valence-electron chi connectivity index (χ0n) is 10.8. The van der Waals surface area contributed by atoms with Crippen molar-refractivity contribution < 1.29 is 0 Å². The molecule has 0 radical (unpaired) electrons. The molecule has 0 saturated carbocycles. The molecule has 0 atom stereocenters. The highest BCUT2D eigenvalue weighted by Crippen LogP contribution is 2.14. The van der Waals surface area contributed by atoms with Gasteiger partial charge >= 0.3 is 0 Å². The van der Waals surface area contributed by atoms with Gasteiger partial charge in [-0.1, -0.05) is 24.3 Å². The minimum atomic E-state index is 0.883. The van der Waals surface area contributed by atoms with E-state index in [1.807, 2.05) is 11.6 Å². The Bertz CT molecular complexity index is 555. The van der Waals surface area contributed by atoms with Gasteiger partial charge < -0.3 is 0 Å². The zero-order valence-corrected chi connectivity index (χ0v) is 11.7. The molecule has 0 spiro atoms. The average Bonchev–Trinajstić information content (AvgIpc) is 2.69. The van der Waals surface area contributed by atoms with Gasteiger partial charge in [0.2, 0.25) is 0 Å². The van der Waals surface area contributed by atoms with Crippen LogP contribution in [0.25, 0.3) is 11.8 Å². The average molecular weight is 258 g/mol. The van der Waals surface area contributed by atoms with Crippen LogP contribution in [0, 0.1) is 13.8 Å². The maximum Gasteiger partial charge on any atom is 0.0654 e. The second-order valence-corrected chi connectivity index (χ2v) is 4.80. The molecule has 0 aliphatic rings. The van der Waals surface area contributed by atoms with E-state index in [2.05, 4.69) is 67.1 Å². The van der Waals surface area contributed by atoms with Crippen molar-refractivity contribution in [2.45, 2.75) is 20.3 Å². The first-order valence-corrected chi connectivity index (χ1v) is 6.75. The molecule has 0 aliphatic heterocycles. The fourth-order valence-corrected chi connectivity index (χ4v) is 2.09. The van der Waals surface area contributed by atoms with Gasteiger partial charge in [-0.3, -0.25) is 0 Å². The minimum Gasteiger partial charge on any atom is -0.238 e. The van der Waals surface area contributed by atoms with Gasteiger partial charge in [0.05, 0.1) is 11.4 Å². The summed E-state index contributed by atoms with van der Waals surface area (Å²) < 4.78 is 1.98. The lowest BCUT2D eigenvalue weighted by atomic mass is 10.2. The molecule has 0 fully saturated rings. The second kappa shape index (κ2) is 5.91. The zero-order chi connectivity index (χ0) is 13.0. The SMILES string of the molecule is Cc1cc(C)n(-c2cccc(C=CCCS)c2)n1. The van der Waals surface area contributed by atoms with Crippen molar-refractivity contribution >= 4 is 18.7 Å². The number of rotatable bonds is 4. The Hall–Kier alpha value is -1.48. The van der Waals surface area contributed by atoms with Crippen molar-refractivity contribution in [3.05, 3.63) is 53.4 Å². The molecule has 3 heteroatoms. The van der Waals surface area contributed by atoms with E-state index in [-0.39, 0.29) is 0 Å². The van der Waals surface area contributed by atoms with Gasteiger partial charge in [-0.05, 0) is 49.8 Å². The summed E-state index contributed by atoms with van der Waals surface area (Å²) in [5, 5.41) is 4.50. The van der Waals surface area contributed by atoms with Crippen LogP contribution in [0.4, 0.5) is 0 Å². The molecular formula is C15H18N2S. The first kappa shape index (κ1) is 13.0. The van der Waals surface area contributed by atoms with Gasteiger partial charge in [-0.25, -0.2) is 4.68 Å². The normalized spacial score (nSPS) is 11.3. The number of hydrogen-bond donors (Lipinski definition) is 1. The molecule has 1 heterocycles. The van der Waals surface area contributed by atoms with E-state index in [0.717, 1.165) is 29.2 Å². The Balaban J connectivity index is 2.29. The number of aryl methyl sites for hydroxylation is 2. The molecule has 18 heavy (non-hydrogen) atoms. The molecular weight excluding hydrogens is 240 g/mol. The van der Waals surface area contributed by atoms with Crippen LogP contribution in [0.15, 0.2) is 36.4 Å². The highest BCUT2D eigenvalue weighted by atomic mass is 32.1. The maximum atomic E-state index is 4.50. The van der Waals surface area contributed by atoms with Gasteiger partial charge in [-0.15, -0.1) is 0 Å². The largest absolute Gasteiger partial charge is 0.238 e. The van der Waals surface area contributed by atoms with E-state index < -0.39 is 0 Å². The van der Waals surface area contributed by atoms with E-state index in [4.69, 9.17) is 0 Å².